The number of carbonyl (C=O) groups is 1. The maximum absolute atomic E-state index is 12.8. The molecular weight excluding hydrogens is 438 g/mol. The number of fused-ring (bicyclic) bond motifs is 1. The average molecular weight is 462 g/mol. The predicted molar refractivity (Wildman–Crippen MR) is 120 cm³/mol. The highest BCUT2D eigenvalue weighted by atomic mass is 32.2. The van der Waals surface area contributed by atoms with Gasteiger partial charge in [0.05, 0.1) is 22.2 Å². The molecule has 1 aliphatic rings. The Morgan fingerprint density at radius 3 is 2.52 bits per heavy atom. The number of thiazole rings is 1. The van der Waals surface area contributed by atoms with E-state index in [0.717, 1.165) is 24.2 Å². The van der Waals surface area contributed by atoms with Gasteiger partial charge in [-0.05, 0) is 55.3 Å². The third-order valence-corrected chi connectivity index (χ3v) is 8.12. The summed E-state index contributed by atoms with van der Waals surface area (Å²) in [7, 11) is -1.97. The second kappa shape index (κ2) is 8.81. The molecule has 0 radical (unpaired) electrons. The first-order chi connectivity index (χ1) is 14.9. The summed E-state index contributed by atoms with van der Waals surface area (Å²) in [4.78, 5) is 24.8. The summed E-state index contributed by atoms with van der Waals surface area (Å²) < 4.78 is 34.3. The molecule has 4 rings (SSSR count). The summed E-state index contributed by atoms with van der Waals surface area (Å²) in [5.41, 5.74) is 1.28. The van der Waals surface area contributed by atoms with Crippen molar-refractivity contribution >= 4 is 43.2 Å². The van der Waals surface area contributed by atoms with E-state index in [1.807, 2.05) is 0 Å². The second-order valence-electron chi connectivity index (χ2n) is 7.29. The summed E-state index contributed by atoms with van der Waals surface area (Å²) >= 11 is 0.990. The number of hydrogen-bond acceptors (Lipinski definition) is 6. The average Bonchev–Trinajstić information content (AvgIpc) is 3.40. The third-order valence-electron chi connectivity index (χ3n) is 5.28. The van der Waals surface area contributed by atoms with Gasteiger partial charge in [-0.3, -0.25) is 14.2 Å². The lowest BCUT2D eigenvalue weighted by atomic mass is 10.3. The van der Waals surface area contributed by atoms with E-state index in [4.69, 9.17) is 4.74 Å². The molecule has 10 heteroatoms. The molecule has 2 aromatic carbocycles. The van der Waals surface area contributed by atoms with Crippen LogP contribution in [0, 0.1) is 0 Å². The van der Waals surface area contributed by atoms with E-state index in [2.05, 4.69) is 5.32 Å². The minimum absolute atomic E-state index is 0.117. The minimum Gasteiger partial charge on any atom is -0.497 e. The highest BCUT2D eigenvalue weighted by Crippen LogP contribution is 2.26. The number of nitrogens with one attached hydrogen (secondary N) is 1. The summed E-state index contributed by atoms with van der Waals surface area (Å²) in [6.45, 7) is 1.26. The van der Waals surface area contributed by atoms with Gasteiger partial charge in [-0.2, -0.15) is 4.31 Å². The van der Waals surface area contributed by atoms with E-state index in [1.165, 1.54) is 14.9 Å². The van der Waals surface area contributed by atoms with Crippen LogP contribution in [0.3, 0.4) is 0 Å². The van der Waals surface area contributed by atoms with Crippen molar-refractivity contribution in [2.75, 3.05) is 25.5 Å². The van der Waals surface area contributed by atoms with Gasteiger partial charge in [0.1, 0.15) is 5.75 Å². The first-order valence-electron chi connectivity index (χ1n) is 9.96. The highest BCUT2D eigenvalue weighted by Gasteiger charge is 2.27. The van der Waals surface area contributed by atoms with Gasteiger partial charge in [0.15, 0.2) is 0 Å². The molecule has 1 aromatic heterocycles. The molecule has 1 N–H and O–H groups in total. The molecule has 0 aliphatic carbocycles. The van der Waals surface area contributed by atoms with E-state index in [0.29, 0.717) is 34.7 Å². The number of sulfonamides is 1. The van der Waals surface area contributed by atoms with Crippen LogP contribution in [0.4, 0.5) is 5.69 Å². The molecule has 0 atom stereocenters. The number of aryl methyl sites for hydroxylation is 1. The van der Waals surface area contributed by atoms with Gasteiger partial charge in [-0.15, -0.1) is 0 Å². The van der Waals surface area contributed by atoms with Crippen molar-refractivity contribution in [2.45, 2.75) is 30.7 Å². The Hall–Kier alpha value is -2.69. The molecule has 1 amide bonds. The van der Waals surface area contributed by atoms with Crippen LogP contribution in [-0.4, -0.2) is 43.4 Å². The van der Waals surface area contributed by atoms with Crippen molar-refractivity contribution in [3.8, 4) is 5.75 Å². The fraction of sp³-hybridized carbons (Fsp3) is 0.333. The number of carbonyl (C=O) groups excluding carboxylic acids is 1. The SMILES string of the molecule is COc1ccc(NC(=O)CCn2c(=O)sc3cc(S(=O)(=O)N4CCCC4)ccc32)cc1. The molecule has 0 unspecified atom stereocenters. The van der Waals surface area contributed by atoms with Crippen molar-refractivity contribution in [3.05, 3.63) is 52.1 Å². The van der Waals surface area contributed by atoms with E-state index >= 15 is 0 Å². The molecule has 2 heterocycles. The van der Waals surface area contributed by atoms with Gasteiger partial charge in [0.25, 0.3) is 0 Å². The molecule has 3 aromatic rings. The number of hydrogen-bond donors (Lipinski definition) is 1. The topological polar surface area (TPSA) is 97.7 Å². The first-order valence-corrected chi connectivity index (χ1v) is 12.2. The molecular formula is C21H23N3O5S2. The van der Waals surface area contributed by atoms with Gasteiger partial charge in [0.2, 0.25) is 15.9 Å². The van der Waals surface area contributed by atoms with Crippen LogP contribution in [0.25, 0.3) is 10.2 Å². The molecule has 1 fully saturated rings. The number of amides is 1. The Morgan fingerprint density at radius 2 is 1.84 bits per heavy atom. The smallest absolute Gasteiger partial charge is 0.308 e. The van der Waals surface area contributed by atoms with Gasteiger partial charge >= 0.3 is 4.87 Å². The number of rotatable bonds is 7. The maximum Gasteiger partial charge on any atom is 0.308 e. The second-order valence-corrected chi connectivity index (χ2v) is 10.2. The standard InChI is InChI=1S/C21H23N3O5S2/c1-29-16-6-4-15(5-7-16)22-20(25)10-13-24-18-9-8-17(14-19(18)30-21(24)26)31(27,28)23-11-2-3-12-23/h4-9,14H,2-3,10-13H2,1H3,(H,22,25). The monoisotopic (exact) mass is 461 g/mol. The van der Waals surface area contributed by atoms with Gasteiger partial charge in [-0.1, -0.05) is 11.3 Å². The molecule has 0 bridgehead atoms. The lowest BCUT2D eigenvalue weighted by molar-refractivity contribution is -0.116. The summed E-state index contributed by atoms with van der Waals surface area (Å²) in [6.07, 6.45) is 1.85. The lowest BCUT2D eigenvalue weighted by Crippen LogP contribution is -2.27. The van der Waals surface area contributed by atoms with Crippen LogP contribution in [-0.2, 0) is 21.4 Å². The Morgan fingerprint density at radius 1 is 1.13 bits per heavy atom. The first kappa shape index (κ1) is 21.5. The Labute approximate surface area is 184 Å². The number of methoxy groups -OCH3 is 1. The molecule has 1 aliphatic heterocycles. The molecule has 8 nitrogen and oxygen atoms in total. The van der Waals surface area contributed by atoms with E-state index in [9.17, 15) is 18.0 Å². The number of benzene rings is 2. The zero-order chi connectivity index (χ0) is 22.0. The predicted octanol–water partition coefficient (Wildman–Crippen LogP) is 2.88. The summed E-state index contributed by atoms with van der Waals surface area (Å²) in [5.74, 6) is 0.477. The molecule has 0 saturated carbocycles. The normalized spacial score (nSPS) is 14.7. The van der Waals surface area contributed by atoms with Crippen molar-refractivity contribution < 1.29 is 17.9 Å². The van der Waals surface area contributed by atoms with Crippen LogP contribution >= 0.6 is 11.3 Å². The fourth-order valence-electron chi connectivity index (χ4n) is 3.61. The van der Waals surface area contributed by atoms with Gasteiger partial charge in [-0.25, -0.2) is 8.42 Å². The van der Waals surface area contributed by atoms with Crippen LogP contribution in [0.2, 0.25) is 0 Å². The molecule has 0 spiro atoms. The lowest BCUT2D eigenvalue weighted by Gasteiger charge is -2.15. The Bertz CT molecular complexity index is 1260. The van der Waals surface area contributed by atoms with Crippen molar-refractivity contribution in [1.82, 2.24) is 8.87 Å². The van der Waals surface area contributed by atoms with Gasteiger partial charge < -0.3 is 10.1 Å². The van der Waals surface area contributed by atoms with Crippen LogP contribution < -0.4 is 14.9 Å². The van der Waals surface area contributed by atoms with E-state index in [1.54, 1.807) is 43.5 Å². The van der Waals surface area contributed by atoms with Crippen LogP contribution in [0.15, 0.2) is 52.2 Å². The van der Waals surface area contributed by atoms with E-state index < -0.39 is 10.0 Å². The fourth-order valence-corrected chi connectivity index (χ4v) is 6.18. The molecule has 164 valence electrons. The molecule has 31 heavy (non-hydrogen) atoms. The highest BCUT2D eigenvalue weighted by molar-refractivity contribution is 7.89. The van der Waals surface area contributed by atoms with Crippen molar-refractivity contribution in [3.63, 3.8) is 0 Å². The summed E-state index contributed by atoms with van der Waals surface area (Å²) in [6, 6.07) is 11.7. The maximum atomic E-state index is 12.8. The zero-order valence-corrected chi connectivity index (χ0v) is 18.7. The Kier molecular flexibility index (Phi) is 6.12. The Balaban J connectivity index is 1.48. The van der Waals surface area contributed by atoms with Crippen molar-refractivity contribution in [1.29, 1.82) is 0 Å². The number of aromatic nitrogens is 1. The zero-order valence-electron chi connectivity index (χ0n) is 17.0. The van der Waals surface area contributed by atoms with Crippen LogP contribution in [0.1, 0.15) is 19.3 Å². The van der Waals surface area contributed by atoms with Crippen LogP contribution in [0.5, 0.6) is 5.75 Å². The number of anilines is 1. The number of nitrogens with zero attached hydrogens (tertiary/aromatic N) is 2. The number of ether oxygens (including phenoxy) is 1. The molecule has 1 saturated heterocycles. The van der Waals surface area contributed by atoms with Gasteiger partial charge in [0, 0.05) is 31.7 Å². The van der Waals surface area contributed by atoms with Crippen molar-refractivity contribution in [2.24, 2.45) is 0 Å². The summed E-state index contributed by atoms with van der Waals surface area (Å²) in [5, 5.41) is 2.79. The largest absolute Gasteiger partial charge is 0.497 e. The van der Waals surface area contributed by atoms with E-state index in [-0.39, 0.29) is 28.6 Å². The minimum atomic E-state index is -3.54. The third kappa shape index (κ3) is 4.51. The quantitative estimate of drug-likeness (QED) is 0.584.